The molecule has 2 aromatic rings. The van der Waals surface area contributed by atoms with Crippen molar-refractivity contribution in [2.75, 3.05) is 0 Å². The van der Waals surface area contributed by atoms with Crippen LogP contribution in [-0.4, -0.2) is 8.42 Å². The lowest BCUT2D eigenvalue weighted by molar-refractivity contribution is 0.303. The molecule has 0 aliphatic rings. The van der Waals surface area contributed by atoms with Gasteiger partial charge >= 0.3 is 0 Å². The Morgan fingerprint density at radius 1 is 1.20 bits per heavy atom. The highest BCUT2D eigenvalue weighted by Gasteiger charge is 2.11. The van der Waals surface area contributed by atoms with E-state index >= 15 is 0 Å². The maximum Gasteiger partial charge on any atom is 0.238 e. The third kappa shape index (κ3) is 3.78. The van der Waals surface area contributed by atoms with Gasteiger partial charge in [0.25, 0.3) is 0 Å². The Labute approximate surface area is 124 Å². The molecule has 0 fully saturated rings. The summed E-state index contributed by atoms with van der Waals surface area (Å²) < 4.78 is 41.3. The highest BCUT2D eigenvalue weighted by Crippen LogP contribution is 2.28. The zero-order chi connectivity index (χ0) is 14.8. The molecule has 7 heteroatoms. The highest BCUT2D eigenvalue weighted by molar-refractivity contribution is 9.10. The number of ether oxygens (including phenoxy) is 1. The van der Waals surface area contributed by atoms with Gasteiger partial charge in [-0.15, -0.1) is 0 Å². The van der Waals surface area contributed by atoms with E-state index in [2.05, 4.69) is 15.9 Å². The molecule has 0 heterocycles. The molecular weight excluding hydrogens is 349 g/mol. The molecule has 0 saturated carbocycles. The van der Waals surface area contributed by atoms with Gasteiger partial charge in [0.1, 0.15) is 18.2 Å². The molecule has 0 aromatic heterocycles. The van der Waals surface area contributed by atoms with E-state index in [0.717, 1.165) is 0 Å². The first-order chi connectivity index (χ1) is 9.36. The first-order valence-electron chi connectivity index (χ1n) is 5.56. The van der Waals surface area contributed by atoms with E-state index in [1.165, 1.54) is 30.3 Å². The molecule has 0 radical (unpaired) electrons. The number of hydrogen-bond acceptors (Lipinski definition) is 3. The fourth-order valence-electron chi connectivity index (χ4n) is 1.56. The van der Waals surface area contributed by atoms with Crippen LogP contribution in [0.25, 0.3) is 0 Å². The van der Waals surface area contributed by atoms with Crippen molar-refractivity contribution < 1.29 is 17.5 Å². The van der Waals surface area contributed by atoms with Gasteiger partial charge in [-0.3, -0.25) is 0 Å². The van der Waals surface area contributed by atoms with Crippen LogP contribution in [0.4, 0.5) is 4.39 Å². The Kier molecular flexibility index (Phi) is 4.42. The van der Waals surface area contributed by atoms with E-state index < -0.39 is 10.0 Å². The Morgan fingerprint density at radius 2 is 1.95 bits per heavy atom. The monoisotopic (exact) mass is 359 g/mol. The van der Waals surface area contributed by atoms with E-state index in [9.17, 15) is 12.8 Å². The Hall–Kier alpha value is -1.44. The maximum atomic E-state index is 13.0. The Morgan fingerprint density at radius 3 is 2.55 bits per heavy atom. The van der Waals surface area contributed by atoms with Crippen molar-refractivity contribution in [1.82, 2.24) is 0 Å². The molecule has 0 atom stereocenters. The smallest absolute Gasteiger partial charge is 0.238 e. The van der Waals surface area contributed by atoms with Crippen molar-refractivity contribution in [1.29, 1.82) is 0 Å². The minimum Gasteiger partial charge on any atom is -0.488 e. The molecule has 0 bridgehead atoms. The Bertz CT molecular complexity index is 734. The van der Waals surface area contributed by atoms with Crippen molar-refractivity contribution in [2.45, 2.75) is 11.5 Å². The second kappa shape index (κ2) is 5.90. The summed E-state index contributed by atoms with van der Waals surface area (Å²) in [6.45, 7) is 0.172. The molecule has 4 nitrogen and oxygen atoms in total. The zero-order valence-corrected chi connectivity index (χ0v) is 12.6. The van der Waals surface area contributed by atoms with Crippen LogP contribution in [0, 0.1) is 5.82 Å². The van der Waals surface area contributed by atoms with Crippen LogP contribution >= 0.6 is 15.9 Å². The molecule has 0 amide bonds. The van der Waals surface area contributed by atoms with Crippen molar-refractivity contribution in [2.24, 2.45) is 5.14 Å². The second-order valence-corrected chi connectivity index (χ2v) is 6.47. The maximum absolute atomic E-state index is 13.0. The van der Waals surface area contributed by atoms with E-state index in [4.69, 9.17) is 9.88 Å². The largest absolute Gasteiger partial charge is 0.488 e. The summed E-state index contributed by atoms with van der Waals surface area (Å²) >= 11 is 3.21. The summed E-state index contributed by atoms with van der Waals surface area (Å²) in [5, 5.41) is 5.03. The van der Waals surface area contributed by atoms with Crippen LogP contribution in [0.3, 0.4) is 0 Å². The van der Waals surface area contributed by atoms with E-state index in [-0.39, 0.29) is 17.3 Å². The van der Waals surface area contributed by atoms with Crippen molar-refractivity contribution in [3.05, 3.63) is 58.3 Å². The van der Waals surface area contributed by atoms with E-state index in [1.807, 2.05) is 0 Å². The van der Waals surface area contributed by atoms with Gasteiger partial charge in [0.05, 0.1) is 9.37 Å². The molecule has 0 aliphatic heterocycles. The highest BCUT2D eigenvalue weighted by atomic mass is 79.9. The number of benzene rings is 2. The van der Waals surface area contributed by atoms with Gasteiger partial charge in [0.2, 0.25) is 10.0 Å². The lowest BCUT2D eigenvalue weighted by atomic mass is 10.2. The van der Waals surface area contributed by atoms with Gasteiger partial charge in [0, 0.05) is 0 Å². The van der Waals surface area contributed by atoms with Crippen molar-refractivity contribution >= 4 is 26.0 Å². The first kappa shape index (κ1) is 15.0. The lowest BCUT2D eigenvalue weighted by Gasteiger charge is -2.09. The standard InChI is InChI=1S/C13H11BrFNO3S/c14-12-7-11(20(16,17)18)4-5-13(12)19-8-9-2-1-3-10(15)6-9/h1-7H,8H2,(H2,16,17,18). The predicted octanol–water partition coefficient (Wildman–Crippen LogP) is 2.81. The fourth-order valence-corrected chi connectivity index (χ4v) is 2.75. The average Bonchev–Trinajstić information content (AvgIpc) is 2.36. The summed E-state index contributed by atoms with van der Waals surface area (Å²) in [7, 11) is -3.75. The van der Waals surface area contributed by atoms with E-state index in [0.29, 0.717) is 15.8 Å². The normalized spacial score (nSPS) is 11.3. The SMILES string of the molecule is NS(=O)(=O)c1ccc(OCc2cccc(F)c2)c(Br)c1. The Balaban J connectivity index is 2.15. The average molecular weight is 360 g/mol. The van der Waals surface area contributed by atoms with Crippen LogP contribution in [-0.2, 0) is 16.6 Å². The zero-order valence-electron chi connectivity index (χ0n) is 10.2. The number of nitrogens with two attached hydrogens (primary N) is 1. The van der Waals surface area contributed by atoms with Crippen LogP contribution in [0.5, 0.6) is 5.75 Å². The number of sulfonamides is 1. The molecular formula is C13H11BrFNO3S. The number of rotatable bonds is 4. The summed E-state index contributed by atoms with van der Waals surface area (Å²) in [4.78, 5) is -0.0116. The molecule has 20 heavy (non-hydrogen) atoms. The van der Waals surface area contributed by atoms with Gasteiger partial charge in [-0.25, -0.2) is 17.9 Å². The van der Waals surface area contributed by atoms with Crippen LogP contribution in [0.1, 0.15) is 5.56 Å². The third-order valence-corrected chi connectivity index (χ3v) is 4.05. The van der Waals surface area contributed by atoms with Gasteiger partial charge in [-0.1, -0.05) is 12.1 Å². The fraction of sp³-hybridized carbons (Fsp3) is 0.0769. The topological polar surface area (TPSA) is 69.4 Å². The molecule has 106 valence electrons. The molecule has 2 N–H and O–H groups in total. The second-order valence-electron chi connectivity index (χ2n) is 4.06. The summed E-state index contributed by atoms with van der Waals surface area (Å²) in [5.74, 6) is 0.108. The molecule has 2 rings (SSSR count). The van der Waals surface area contributed by atoms with Crippen LogP contribution < -0.4 is 9.88 Å². The first-order valence-corrected chi connectivity index (χ1v) is 7.90. The van der Waals surface area contributed by atoms with Crippen molar-refractivity contribution in [3.63, 3.8) is 0 Å². The lowest BCUT2D eigenvalue weighted by Crippen LogP contribution is -2.12. The number of halogens is 2. The van der Waals surface area contributed by atoms with Gasteiger partial charge < -0.3 is 4.74 Å². The molecule has 0 spiro atoms. The number of hydrogen-bond donors (Lipinski definition) is 1. The van der Waals surface area contributed by atoms with Gasteiger partial charge in [-0.2, -0.15) is 0 Å². The van der Waals surface area contributed by atoms with Crippen molar-refractivity contribution in [3.8, 4) is 5.75 Å². The molecule has 0 saturated heterocycles. The molecule has 0 unspecified atom stereocenters. The minimum atomic E-state index is -3.75. The number of primary sulfonamides is 1. The molecule has 0 aliphatic carbocycles. The predicted molar refractivity (Wildman–Crippen MR) is 76.2 cm³/mol. The third-order valence-electron chi connectivity index (χ3n) is 2.52. The summed E-state index contributed by atoms with van der Waals surface area (Å²) in [6, 6.07) is 10.2. The van der Waals surface area contributed by atoms with Crippen LogP contribution in [0.2, 0.25) is 0 Å². The van der Waals surface area contributed by atoms with Gasteiger partial charge in [0.15, 0.2) is 0 Å². The minimum absolute atomic E-state index is 0.0116. The summed E-state index contributed by atoms with van der Waals surface area (Å²) in [5.41, 5.74) is 0.674. The van der Waals surface area contributed by atoms with E-state index in [1.54, 1.807) is 12.1 Å². The molecule has 2 aromatic carbocycles. The van der Waals surface area contributed by atoms with Crippen LogP contribution in [0.15, 0.2) is 51.8 Å². The van der Waals surface area contributed by atoms with Gasteiger partial charge in [-0.05, 0) is 51.8 Å². The summed E-state index contributed by atoms with van der Waals surface area (Å²) in [6.07, 6.45) is 0. The quantitative estimate of drug-likeness (QED) is 0.912.